The summed E-state index contributed by atoms with van der Waals surface area (Å²) in [6.45, 7) is 4.84. The van der Waals surface area contributed by atoms with Gasteiger partial charge in [-0.25, -0.2) is 10.4 Å². The third-order valence-corrected chi connectivity index (χ3v) is 2.60. The van der Waals surface area contributed by atoms with Crippen molar-refractivity contribution in [2.24, 2.45) is 5.84 Å². The average molecular weight is 220 g/mol. The standard InChI is InChI=1S/C11H16N4O/c1-3-15-5-4-13-11(15)10(14-12)9-6-8(2)16-7-9/h4-7,10,14H,3,12H2,1-2H3. The molecule has 2 rings (SSSR count). The first-order valence-electron chi connectivity index (χ1n) is 5.28. The van der Waals surface area contributed by atoms with Crippen LogP contribution >= 0.6 is 0 Å². The van der Waals surface area contributed by atoms with Crippen LogP contribution in [0.15, 0.2) is 29.1 Å². The number of rotatable bonds is 4. The molecule has 5 heteroatoms. The van der Waals surface area contributed by atoms with Crippen LogP contribution in [0.2, 0.25) is 0 Å². The van der Waals surface area contributed by atoms with Crippen molar-refractivity contribution in [3.05, 3.63) is 41.9 Å². The second-order valence-electron chi connectivity index (χ2n) is 3.66. The van der Waals surface area contributed by atoms with E-state index in [1.807, 2.05) is 23.8 Å². The number of aromatic nitrogens is 2. The monoisotopic (exact) mass is 220 g/mol. The highest BCUT2D eigenvalue weighted by atomic mass is 16.3. The Kier molecular flexibility index (Phi) is 3.07. The van der Waals surface area contributed by atoms with Crippen molar-refractivity contribution < 1.29 is 4.42 Å². The second kappa shape index (κ2) is 4.51. The molecule has 0 radical (unpaired) electrons. The Bertz CT molecular complexity index is 460. The molecule has 1 unspecified atom stereocenters. The second-order valence-corrected chi connectivity index (χ2v) is 3.66. The minimum atomic E-state index is -0.132. The van der Waals surface area contributed by atoms with Crippen molar-refractivity contribution >= 4 is 0 Å². The number of aryl methyl sites for hydroxylation is 2. The van der Waals surface area contributed by atoms with E-state index in [0.29, 0.717) is 0 Å². The van der Waals surface area contributed by atoms with Crippen LogP contribution in [0.5, 0.6) is 0 Å². The molecule has 1 atom stereocenters. The van der Waals surface area contributed by atoms with Gasteiger partial charge in [0, 0.05) is 24.5 Å². The SMILES string of the molecule is CCn1ccnc1C(NN)c1coc(C)c1. The minimum Gasteiger partial charge on any atom is -0.469 e. The summed E-state index contributed by atoms with van der Waals surface area (Å²) in [5, 5.41) is 0. The molecule has 0 bridgehead atoms. The number of nitrogens with zero attached hydrogens (tertiary/aromatic N) is 2. The van der Waals surface area contributed by atoms with Crippen molar-refractivity contribution in [1.82, 2.24) is 15.0 Å². The third kappa shape index (κ3) is 1.87. The van der Waals surface area contributed by atoms with Gasteiger partial charge in [0.15, 0.2) is 0 Å². The molecule has 0 saturated heterocycles. The van der Waals surface area contributed by atoms with E-state index in [1.165, 1.54) is 0 Å². The molecule has 0 aliphatic heterocycles. The van der Waals surface area contributed by atoms with Crippen molar-refractivity contribution in [1.29, 1.82) is 0 Å². The van der Waals surface area contributed by atoms with Crippen molar-refractivity contribution in [3.63, 3.8) is 0 Å². The van der Waals surface area contributed by atoms with E-state index in [2.05, 4.69) is 17.3 Å². The molecule has 2 aromatic rings. The average Bonchev–Trinajstić information content (AvgIpc) is 2.89. The Labute approximate surface area is 94.2 Å². The topological polar surface area (TPSA) is 69.0 Å². The summed E-state index contributed by atoms with van der Waals surface area (Å²) in [5.74, 6) is 7.34. The van der Waals surface area contributed by atoms with E-state index in [9.17, 15) is 0 Å². The van der Waals surface area contributed by atoms with Crippen LogP contribution in [-0.2, 0) is 6.54 Å². The zero-order valence-corrected chi connectivity index (χ0v) is 9.47. The number of imidazole rings is 1. The predicted octanol–water partition coefficient (Wildman–Crippen LogP) is 1.36. The molecule has 0 fully saturated rings. The highest BCUT2D eigenvalue weighted by Gasteiger charge is 2.18. The van der Waals surface area contributed by atoms with Crippen molar-refractivity contribution in [2.75, 3.05) is 0 Å². The molecule has 3 N–H and O–H groups in total. The summed E-state index contributed by atoms with van der Waals surface area (Å²) >= 11 is 0. The fourth-order valence-electron chi connectivity index (χ4n) is 1.78. The first-order chi connectivity index (χ1) is 7.76. The van der Waals surface area contributed by atoms with Crippen LogP contribution in [0.3, 0.4) is 0 Å². The lowest BCUT2D eigenvalue weighted by atomic mass is 10.1. The molecule has 0 amide bonds. The van der Waals surface area contributed by atoms with Crippen LogP contribution in [0.25, 0.3) is 0 Å². The number of nitrogens with one attached hydrogen (secondary N) is 1. The maximum atomic E-state index is 5.58. The number of nitrogens with two attached hydrogens (primary N) is 1. The van der Waals surface area contributed by atoms with E-state index in [-0.39, 0.29) is 6.04 Å². The molecule has 5 nitrogen and oxygen atoms in total. The molecular formula is C11H16N4O. The zero-order chi connectivity index (χ0) is 11.5. The minimum absolute atomic E-state index is 0.132. The quantitative estimate of drug-likeness (QED) is 0.603. The smallest absolute Gasteiger partial charge is 0.131 e. The first-order valence-corrected chi connectivity index (χ1v) is 5.28. The summed E-state index contributed by atoms with van der Waals surface area (Å²) in [4.78, 5) is 4.32. The summed E-state index contributed by atoms with van der Waals surface area (Å²) in [7, 11) is 0. The largest absolute Gasteiger partial charge is 0.469 e. The molecule has 0 aromatic carbocycles. The molecular weight excluding hydrogens is 204 g/mol. The number of hydrogen-bond acceptors (Lipinski definition) is 4. The summed E-state index contributed by atoms with van der Waals surface area (Å²) < 4.78 is 7.33. The Morgan fingerprint density at radius 1 is 1.62 bits per heavy atom. The van der Waals surface area contributed by atoms with Gasteiger partial charge in [0.2, 0.25) is 0 Å². The van der Waals surface area contributed by atoms with Gasteiger partial charge < -0.3 is 8.98 Å². The third-order valence-electron chi connectivity index (χ3n) is 2.60. The molecule has 0 aliphatic rings. The van der Waals surface area contributed by atoms with Gasteiger partial charge in [-0.2, -0.15) is 0 Å². The predicted molar refractivity (Wildman–Crippen MR) is 60.5 cm³/mol. The lowest BCUT2D eigenvalue weighted by Crippen LogP contribution is -2.30. The van der Waals surface area contributed by atoms with Gasteiger partial charge in [0.25, 0.3) is 0 Å². The summed E-state index contributed by atoms with van der Waals surface area (Å²) in [6.07, 6.45) is 5.41. The van der Waals surface area contributed by atoms with Crippen LogP contribution in [0.1, 0.15) is 30.1 Å². The van der Waals surface area contributed by atoms with Gasteiger partial charge in [-0.15, -0.1) is 0 Å². The van der Waals surface area contributed by atoms with Gasteiger partial charge in [0.05, 0.1) is 6.26 Å². The Morgan fingerprint density at radius 3 is 3.00 bits per heavy atom. The Morgan fingerprint density at radius 2 is 2.44 bits per heavy atom. The number of hydrogen-bond donors (Lipinski definition) is 2. The maximum Gasteiger partial charge on any atom is 0.131 e. The number of hydrazine groups is 1. The van der Waals surface area contributed by atoms with Gasteiger partial charge in [-0.05, 0) is 19.9 Å². The van der Waals surface area contributed by atoms with Gasteiger partial charge >= 0.3 is 0 Å². The fourth-order valence-corrected chi connectivity index (χ4v) is 1.78. The Balaban J connectivity index is 2.36. The molecule has 16 heavy (non-hydrogen) atoms. The zero-order valence-electron chi connectivity index (χ0n) is 9.47. The molecule has 0 saturated carbocycles. The first kappa shape index (κ1) is 10.9. The molecule has 2 heterocycles. The lowest BCUT2D eigenvalue weighted by Gasteiger charge is -2.14. The summed E-state index contributed by atoms with van der Waals surface area (Å²) in [6, 6.07) is 1.83. The summed E-state index contributed by atoms with van der Waals surface area (Å²) in [5.41, 5.74) is 3.75. The van der Waals surface area contributed by atoms with Gasteiger partial charge in [-0.3, -0.25) is 5.84 Å². The molecule has 0 spiro atoms. The van der Waals surface area contributed by atoms with Crippen molar-refractivity contribution in [2.45, 2.75) is 26.4 Å². The Hall–Kier alpha value is -1.59. The normalized spacial score (nSPS) is 12.9. The lowest BCUT2D eigenvalue weighted by molar-refractivity contribution is 0.517. The highest BCUT2D eigenvalue weighted by Crippen LogP contribution is 2.21. The molecule has 0 aliphatic carbocycles. The van der Waals surface area contributed by atoms with Crippen LogP contribution < -0.4 is 11.3 Å². The van der Waals surface area contributed by atoms with E-state index in [0.717, 1.165) is 23.7 Å². The van der Waals surface area contributed by atoms with Crippen LogP contribution in [0, 0.1) is 6.92 Å². The van der Waals surface area contributed by atoms with Crippen LogP contribution in [0.4, 0.5) is 0 Å². The van der Waals surface area contributed by atoms with E-state index in [1.54, 1.807) is 12.5 Å². The van der Waals surface area contributed by atoms with E-state index in [4.69, 9.17) is 10.3 Å². The van der Waals surface area contributed by atoms with E-state index >= 15 is 0 Å². The van der Waals surface area contributed by atoms with Gasteiger partial charge in [0.1, 0.15) is 17.6 Å². The fraction of sp³-hybridized carbons (Fsp3) is 0.364. The molecule has 86 valence electrons. The number of furan rings is 1. The molecule has 2 aromatic heterocycles. The van der Waals surface area contributed by atoms with E-state index < -0.39 is 0 Å². The highest BCUT2D eigenvalue weighted by molar-refractivity contribution is 5.23. The van der Waals surface area contributed by atoms with Gasteiger partial charge in [-0.1, -0.05) is 0 Å². The van der Waals surface area contributed by atoms with Crippen molar-refractivity contribution in [3.8, 4) is 0 Å². The maximum absolute atomic E-state index is 5.58. The van der Waals surface area contributed by atoms with Crippen LogP contribution in [-0.4, -0.2) is 9.55 Å².